The van der Waals surface area contributed by atoms with Gasteiger partial charge in [-0.2, -0.15) is 8.78 Å². The monoisotopic (exact) mass is 263 g/mol. The summed E-state index contributed by atoms with van der Waals surface area (Å²) in [5.41, 5.74) is 0.781. The first-order chi connectivity index (χ1) is 8.39. The molecule has 2 nitrogen and oxygen atoms in total. The smallest absolute Gasteiger partial charge is 0.320 e. The molecule has 0 aliphatic carbocycles. The second kappa shape index (κ2) is 5.84. The Labute approximate surface area is 102 Å². The summed E-state index contributed by atoms with van der Waals surface area (Å²) in [4.78, 5) is 11.1. The lowest BCUT2D eigenvalue weighted by atomic mass is 10.1. The van der Waals surface area contributed by atoms with E-state index >= 15 is 0 Å². The molecule has 0 atom stereocenters. The third kappa shape index (κ3) is 3.21. The van der Waals surface area contributed by atoms with Crippen LogP contribution in [0, 0.1) is 0 Å². The van der Waals surface area contributed by atoms with Crippen LogP contribution in [0.3, 0.4) is 0 Å². The van der Waals surface area contributed by atoms with Crippen LogP contribution in [0.15, 0.2) is 24.3 Å². The van der Waals surface area contributed by atoms with Gasteiger partial charge in [-0.1, -0.05) is 31.5 Å². The second-order valence-corrected chi connectivity index (χ2v) is 3.78. The molecule has 1 aromatic carbocycles. The first kappa shape index (κ1) is 14.5. The number of carbonyl (C=O) groups excluding carboxylic acids is 1. The number of hydrogen-bond donors (Lipinski definition) is 1. The summed E-state index contributed by atoms with van der Waals surface area (Å²) in [6, 6.07) is 6.28. The molecule has 1 N–H and O–H groups in total. The highest BCUT2D eigenvalue weighted by Gasteiger charge is 2.49. The maximum atomic E-state index is 12.8. The van der Waals surface area contributed by atoms with E-state index in [4.69, 9.17) is 0 Å². The van der Waals surface area contributed by atoms with Gasteiger partial charge < -0.3 is 5.32 Å². The van der Waals surface area contributed by atoms with Gasteiger partial charge in [-0.3, -0.25) is 4.79 Å². The topological polar surface area (TPSA) is 29.1 Å². The first-order valence-corrected chi connectivity index (χ1v) is 5.45. The Morgan fingerprint density at radius 1 is 1.33 bits per heavy atom. The Morgan fingerprint density at radius 3 is 2.50 bits per heavy atom. The van der Waals surface area contributed by atoms with Gasteiger partial charge in [0, 0.05) is 5.69 Å². The minimum atomic E-state index is -4.68. The zero-order valence-electron chi connectivity index (χ0n) is 9.72. The van der Waals surface area contributed by atoms with Crippen molar-refractivity contribution in [2.24, 2.45) is 0 Å². The van der Waals surface area contributed by atoms with Crippen LogP contribution < -0.4 is 5.32 Å². The Bertz CT molecular complexity index is 420. The number of anilines is 1. The molecule has 6 heteroatoms. The van der Waals surface area contributed by atoms with Crippen molar-refractivity contribution in [3.8, 4) is 0 Å². The molecule has 0 bridgehead atoms. The summed E-state index contributed by atoms with van der Waals surface area (Å²) < 4.78 is 49.6. The summed E-state index contributed by atoms with van der Waals surface area (Å²) in [7, 11) is 0. The molecule has 100 valence electrons. The molecule has 0 saturated carbocycles. The van der Waals surface area contributed by atoms with Gasteiger partial charge >= 0.3 is 18.3 Å². The Kier molecular flexibility index (Phi) is 4.69. The quantitative estimate of drug-likeness (QED) is 0.810. The van der Waals surface area contributed by atoms with Gasteiger partial charge in [-0.05, 0) is 18.1 Å². The van der Waals surface area contributed by atoms with Crippen LogP contribution in [0.25, 0.3) is 0 Å². The number of nitrogens with one attached hydrogen (secondary N) is 1. The standard InChI is InChI=1S/C12H13F4NO/c1-2-5-8-6-3-4-7-9(8)17-11(18)12(15,16)10(13)14/h3-4,6-7,10H,2,5H2,1H3,(H,17,18). The highest BCUT2D eigenvalue weighted by molar-refractivity contribution is 5.97. The molecule has 0 saturated heterocycles. The highest BCUT2D eigenvalue weighted by atomic mass is 19.3. The Balaban J connectivity index is 2.88. The third-order valence-corrected chi connectivity index (χ3v) is 2.36. The fourth-order valence-electron chi connectivity index (χ4n) is 1.43. The lowest BCUT2D eigenvalue weighted by Crippen LogP contribution is -2.41. The van der Waals surface area contributed by atoms with E-state index in [9.17, 15) is 22.4 Å². The number of benzene rings is 1. The van der Waals surface area contributed by atoms with Crippen molar-refractivity contribution in [2.75, 3.05) is 5.32 Å². The average molecular weight is 263 g/mol. The largest absolute Gasteiger partial charge is 0.383 e. The maximum Gasteiger partial charge on any atom is 0.383 e. The highest BCUT2D eigenvalue weighted by Crippen LogP contribution is 2.26. The number of rotatable bonds is 5. The summed E-state index contributed by atoms with van der Waals surface area (Å²) in [6.45, 7) is 1.88. The molecule has 0 fully saturated rings. The summed E-state index contributed by atoms with van der Waals surface area (Å²) in [5, 5.41) is 1.85. The van der Waals surface area contributed by atoms with Crippen LogP contribution in [0.1, 0.15) is 18.9 Å². The van der Waals surface area contributed by atoms with Crippen LogP contribution in [0.5, 0.6) is 0 Å². The minimum Gasteiger partial charge on any atom is -0.320 e. The first-order valence-electron chi connectivity index (χ1n) is 5.45. The molecule has 0 spiro atoms. The zero-order valence-corrected chi connectivity index (χ0v) is 9.72. The third-order valence-electron chi connectivity index (χ3n) is 2.36. The van der Waals surface area contributed by atoms with E-state index in [-0.39, 0.29) is 5.69 Å². The van der Waals surface area contributed by atoms with Gasteiger partial charge in [0.25, 0.3) is 0 Å². The molecule has 0 aliphatic rings. The molecule has 1 aromatic rings. The molecule has 0 heterocycles. The molecular weight excluding hydrogens is 250 g/mol. The van der Waals surface area contributed by atoms with E-state index in [0.29, 0.717) is 12.0 Å². The Hall–Kier alpha value is -1.59. The molecule has 0 radical (unpaired) electrons. The van der Waals surface area contributed by atoms with Crippen LogP contribution in [0.2, 0.25) is 0 Å². The van der Waals surface area contributed by atoms with Crippen LogP contribution in [-0.4, -0.2) is 18.3 Å². The number of carbonyl (C=O) groups is 1. The van der Waals surface area contributed by atoms with Crippen LogP contribution in [0.4, 0.5) is 23.2 Å². The average Bonchev–Trinajstić information content (AvgIpc) is 2.31. The molecule has 0 unspecified atom stereocenters. The lowest BCUT2D eigenvalue weighted by molar-refractivity contribution is -0.163. The van der Waals surface area contributed by atoms with E-state index in [2.05, 4.69) is 0 Å². The number of aryl methyl sites for hydroxylation is 1. The number of amides is 1. The van der Waals surface area contributed by atoms with Crippen molar-refractivity contribution >= 4 is 11.6 Å². The van der Waals surface area contributed by atoms with Crippen molar-refractivity contribution < 1.29 is 22.4 Å². The van der Waals surface area contributed by atoms with E-state index in [1.54, 1.807) is 12.1 Å². The Morgan fingerprint density at radius 2 is 1.94 bits per heavy atom. The molecule has 18 heavy (non-hydrogen) atoms. The SMILES string of the molecule is CCCc1ccccc1NC(=O)C(F)(F)C(F)F. The van der Waals surface area contributed by atoms with E-state index in [1.807, 2.05) is 12.2 Å². The van der Waals surface area contributed by atoms with Gasteiger partial charge in [0.2, 0.25) is 0 Å². The number of alkyl halides is 4. The predicted octanol–water partition coefficient (Wildman–Crippen LogP) is 3.48. The number of hydrogen-bond acceptors (Lipinski definition) is 1. The summed E-state index contributed by atoms with van der Waals surface area (Å²) in [5.74, 6) is -6.67. The summed E-state index contributed by atoms with van der Waals surface area (Å²) >= 11 is 0. The van der Waals surface area contributed by atoms with Gasteiger partial charge in [0.15, 0.2) is 0 Å². The van der Waals surface area contributed by atoms with Crippen LogP contribution in [-0.2, 0) is 11.2 Å². The molecule has 0 aromatic heterocycles. The number of para-hydroxylation sites is 1. The van der Waals surface area contributed by atoms with E-state index in [0.717, 1.165) is 6.42 Å². The van der Waals surface area contributed by atoms with E-state index < -0.39 is 18.3 Å². The van der Waals surface area contributed by atoms with Gasteiger partial charge in [-0.15, -0.1) is 0 Å². The second-order valence-electron chi connectivity index (χ2n) is 3.78. The molecule has 1 rings (SSSR count). The number of halogens is 4. The van der Waals surface area contributed by atoms with Crippen molar-refractivity contribution in [1.82, 2.24) is 0 Å². The maximum absolute atomic E-state index is 12.8. The van der Waals surface area contributed by atoms with Gasteiger partial charge in [0.05, 0.1) is 0 Å². The van der Waals surface area contributed by atoms with Crippen molar-refractivity contribution in [3.63, 3.8) is 0 Å². The van der Waals surface area contributed by atoms with Gasteiger partial charge in [-0.25, -0.2) is 8.78 Å². The molecular formula is C12H13F4NO. The summed E-state index contributed by atoms with van der Waals surface area (Å²) in [6.07, 6.45) is -2.70. The molecule has 0 aliphatic heterocycles. The van der Waals surface area contributed by atoms with Crippen molar-refractivity contribution in [1.29, 1.82) is 0 Å². The zero-order chi connectivity index (χ0) is 13.8. The predicted molar refractivity (Wildman–Crippen MR) is 60.0 cm³/mol. The lowest BCUT2D eigenvalue weighted by Gasteiger charge is -2.16. The fraction of sp³-hybridized carbons (Fsp3) is 0.417. The van der Waals surface area contributed by atoms with Crippen molar-refractivity contribution in [3.05, 3.63) is 29.8 Å². The van der Waals surface area contributed by atoms with Gasteiger partial charge in [0.1, 0.15) is 0 Å². The van der Waals surface area contributed by atoms with Crippen LogP contribution >= 0.6 is 0 Å². The minimum absolute atomic E-state index is 0.143. The fourth-order valence-corrected chi connectivity index (χ4v) is 1.43. The molecule has 1 amide bonds. The normalized spacial score (nSPS) is 11.7. The van der Waals surface area contributed by atoms with E-state index in [1.165, 1.54) is 12.1 Å². The van der Waals surface area contributed by atoms with Crippen molar-refractivity contribution in [2.45, 2.75) is 32.1 Å².